The van der Waals surface area contributed by atoms with Gasteiger partial charge in [0.2, 0.25) is 0 Å². The number of rotatable bonds is 5. The minimum atomic E-state index is -0.249. The van der Waals surface area contributed by atoms with Crippen LogP contribution in [0.4, 0.5) is 16.3 Å². The van der Waals surface area contributed by atoms with E-state index in [0.29, 0.717) is 30.5 Å². The van der Waals surface area contributed by atoms with Crippen LogP contribution in [-0.2, 0) is 4.74 Å². The average molecular weight is 484 g/mol. The summed E-state index contributed by atoms with van der Waals surface area (Å²) >= 11 is 6.45. The Hall–Kier alpha value is -3.20. The lowest BCUT2D eigenvalue weighted by atomic mass is 9.99. The Kier molecular flexibility index (Phi) is 7.02. The molecule has 1 saturated heterocycles. The fourth-order valence-corrected chi connectivity index (χ4v) is 4.12. The summed E-state index contributed by atoms with van der Waals surface area (Å²) in [6.07, 6.45) is 6.35. The number of carbonyl (C=O) groups is 1. The number of likely N-dealkylation sites (tertiary alicyclic amines) is 1. The molecule has 2 aromatic heterocycles. The molecule has 1 N–H and O–H groups in total. The number of hydrogen-bond acceptors (Lipinski definition) is 7. The molecule has 3 aromatic rings. The Labute approximate surface area is 204 Å². The van der Waals surface area contributed by atoms with E-state index in [1.54, 1.807) is 24.4 Å². The third kappa shape index (κ3) is 5.47. The largest absolute Gasteiger partial charge is 0.449 e. The molecule has 180 valence electrons. The summed E-state index contributed by atoms with van der Waals surface area (Å²) in [6.45, 7) is 7.78. The van der Waals surface area contributed by atoms with Gasteiger partial charge < -0.3 is 15.0 Å². The van der Waals surface area contributed by atoms with Crippen molar-refractivity contribution in [3.63, 3.8) is 0 Å². The van der Waals surface area contributed by atoms with Crippen molar-refractivity contribution in [2.45, 2.75) is 39.7 Å². The van der Waals surface area contributed by atoms with Crippen LogP contribution in [0, 0.1) is 5.41 Å². The predicted octanol–water partition coefficient (Wildman–Crippen LogP) is 5.09. The SMILES string of the molecule is CN=Cc1ccc(Nc2ncnc3c2cnn3C2CCN(C(=O)OCC(C)(C)C)CC2)c(Cl)c1. The third-order valence-electron chi connectivity index (χ3n) is 5.61. The Balaban J connectivity index is 1.46. The number of hydrogen-bond donors (Lipinski definition) is 1. The van der Waals surface area contributed by atoms with Gasteiger partial charge in [0.15, 0.2) is 5.65 Å². The molecule has 0 bridgehead atoms. The van der Waals surface area contributed by atoms with Crippen LogP contribution in [0.1, 0.15) is 45.2 Å². The van der Waals surface area contributed by atoms with Gasteiger partial charge in [0, 0.05) is 26.4 Å². The van der Waals surface area contributed by atoms with Crippen molar-refractivity contribution in [2.24, 2.45) is 10.4 Å². The summed E-state index contributed by atoms with van der Waals surface area (Å²) < 4.78 is 7.40. The number of aromatic nitrogens is 4. The van der Waals surface area contributed by atoms with E-state index >= 15 is 0 Å². The number of benzene rings is 1. The number of halogens is 1. The van der Waals surface area contributed by atoms with Crippen molar-refractivity contribution < 1.29 is 9.53 Å². The first-order valence-corrected chi connectivity index (χ1v) is 11.7. The van der Waals surface area contributed by atoms with Gasteiger partial charge in [0.05, 0.1) is 34.9 Å². The van der Waals surface area contributed by atoms with Crippen LogP contribution in [0.15, 0.2) is 35.7 Å². The Morgan fingerprint density at radius 2 is 2.06 bits per heavy atom. The zero-order chi connectivity index (χ0) is 24.3. The van der Waals surface area contributed by atoms with Gasteiger partial charge in [-0.15, -0.1) is 0 Å². The second kappa shape index (κ2) is 9.97. The van der Waals surface area contributed by atoms with Crippen LogP contribution in [0.3, 0.4) is 0 Å². The van der Waals surface area contributed by atoms with E-state index in [4.69, 9.17) is 16.3 Å². The average Bonchev–Trinajstić information content (AvgIpc) is 3.24. The van der Waals surface area contributed by atoms with Crippen LogP contribution in [0.2, 0.25) is 5.02 Å². The van der Waals surface area contributed by atoms with Crippen molar-refractivity contribution in [1.82, 2.24) is 24.6 Å². The van der Waals surface area contributed by atoms with Gasteiger partial charge in [-0.1, -0.05) is 38.4 Å². The topological polar surface area (TPSA) is 97.5 Å². The smallest absolute Gasteiger partial charge is 0.409 e. The van der Waals surface area contributed by atoms with E-state index in [1.165, 1.54) is 6.33 Å². The molecule has 1 fully saturated rings. The molecule has 0 aliphatic carbocycles. The maximum absolute atomic E-state index is 12.4. The number of nitrogens with zero attached hydrogens (tertiary/aromatic N) is 6. The molecule has 0 saturated carbocycles. The van der Waals surface area contributed by atoms with Crippen molar-refractivity contribution in [3.05, 3.63) is 41.3 Å². The van der Waals surface area contributed by atoms with Crippen molar-refractivity contribution >= 4 is 46.4 Å². The molecule has 0 unspecified atom stereocenters. The highest BCUT2D eigenvalue weighted by Gasteiger charge is 2.27. The summed E-state index contributed by atoms with van der Waals surface area (Å²) in [5, 5.41) is 9.29. The van der Waals surface area contributed by atoms with Crippen molar-refractivity contribution in [2.75, 3.05) is 32.1 Å². The molecule has 3 heterocycles. The molecule has 1 amide bonds. The van der Waals surface area contributed by atoms with E-state index in [-0.39, 0.29) is 17.6 Å². The Morgan fingerprint density at radius 3 is 2.74 bits per heavy atom. The Morgan fingerprint density at radius 1 is 1.29 bits per heavy atom. The number of aliphatic imine (C=N–C) groups is 1. The summed E-state index contributed by atoms with van der Waals surface area (Å²) in [5.41, 5.74) is 2.36. The van der Waals surface area contributed by atoms with Crippen LogP contribution in [-0.4, -0.2) is 63.7 Å². The predicted molar refractivity (Wildman–Crippen MR) is 134 cm³/mol. The van der Waals surface area contributed by atoms with Crippen LogP contribution < -0.4 is 5.32 Å². The summed E-state index contributed by atoms with van der Waals surface area (Å²) in [6, 6.07) is 5.82. The molecule has 1 aromatic carbocycles. The molecule has 9 nitrogen and oxygen atoms in total. The van der Waals surface area contributed by atoms with Gasteiger partial charge in [-0.3, -0.25) is 4.99 Å². The van der Waals surface area contributed by atoms with Crippen molar-refractivity contribution in [3.8, 4) is 0 Å². The van der Waals surface area contributed by atoms with Crippen LogP contribution in [0.25, 0.3) is 11.0 Å². The quantitative estimate of drug-likeness (QED) is 0.507. The van der Waals surface area contributed by atoms with Gasteiger partial charge in [-0.25, -0.2) is 19.4 Å². The van der Waals surface area contributed by atoms with Gasteiger partial charge in [-0.05, 0) is 36.0 Å². The van der Waals surface area contributed by atoms with E-state index < -0.39 is 0 Å². The first kappa shape index (κ1) is 23.9. The normalized spacial score (nSPS) is 15.3. The monoisotopic (exact) mass is 483 g/mol. The minimum Gasteiger partial charge on any atom is -0.449 e. The molecular formula is C24H30ClN7O2. The lowest BCUT2D eigenvalue weighted by Crippen LogP contribution is -2.40. The molecule has 4 rings (SSSR count). The highest BCUT2D eigenvalue weighted by Crippen LogP contribution is 2.31. The van der Waals surface area contributed by atoms with Gasteiger partial charge in [0.1, 0.15) is 12.1 Å². The van der Waals surface area contributed by atoms with E-state index in [0.717, 1.165) is 35.1 Å². The van der Waals surface area contributed by atoms with Crippen LogP contribution in [0.5, 0.6) is 0 Å². The number of anilines is 2. The number of amides is 1. The number of ether oxygens (including phenoxy) is 1. The fourth-order valence-electron chi connectivity index (χ4n) is 3.88. The van der Waals surface area contributed by atoms with Gasteiger partial charge in [0.25, 0.3) is 0 Å². The van der Waals surface area contributed by atoms with Gasteiger partial charge >= 0.3 is 6.09 Å². The molecule has 1 aliphatic heterocycles. The second-order valence-corrected chi connectivity index (χ2v) is 10.0. The highest BCUT2D eigenvalue weighted by atomic mass is 35.5. The summed E-state index contributed by atoms with van der Waals surface area (Å²) in [5.74, 6) is 0.637. The molecule has 34 heavy (non-hydrogen) atoms. The first-order chi connectivity index (χ1) is 16.2. The maximum atomic E-state index is 12.4. The number of piperidine rings is 1. The molecule has 1 aliphatic rings. The highest BCUT2D eigenvalue weighted by molar-refractivity contribution is 6.33. The van der Waals surface area contributed by atoms with Crippen LogP contribution >= 0.6 is 11.6 Å². The lowest BCUT2D eigenvalue weighted by molar-refractivity contribution is 0.0622. The summed E-state index contributed by atoms with van der Waals surface area (Å²) in [7, 11) is 1.72. The molecule has 0 radical (unpaired) electrons. The molecule has 0 spiro atoms. The third-order valence-corrected chi connectivity index (χ3v) is 5.93. The first-order valence-electron chi connectivity index (χ1n) is 11.3. The molecular weight excluding hydrogens is 454 g/mol. The fraction of sp³-hybridized carbons (Fsp3) is 0.458. The number of carbonyl (C=O) groups excluding carboxylic acids is 1. The van der Waals surface area contributed by atoms with Gasteiger partial charge in [-0.2, -0.15) is 5.10 Å². The zero-order valence-corrected chi connectivity index (χ0v) is 20.7. The zero-order valence-electron chi connectivity index (χ0n) is 20.0. The summed E-state index contributed by atoms with van der Waals surface area (Å²) in [4.78, 5) is 27.1. The van der Waals surface area contributed by atoms with E-state index in [9.17, 15) is 4.79 Å². The van der Waals surface area contributed by atoms with Crippen molar-refractivity contribution in [1.29, 1.82) is 0 Å². The second-order valence-electron chi connectivity index (χ2n) is 9.63. The minimum absolute atomic E-state index is 0.0521. The maximum Gasteiger partial charge on any atom is 0.409 e. The standard InChI is InChI=1S/C24H30ClN7O2/c1-24(2,3)14-34-23(33)31-9-7-17(8-10-31)32-22-18(13-29-32)21(27-15-28-22)30-20-6-5-16(12-26-4)11-19(20)25/h5-6,11-13,15,17H,7-10,14H2,1-4H3,(H,27,28,30). The van der Waals surface area contributed by atoms with E-state index in [1.807, 2.05) is 43.7 Å². The van der Waals surface area contributed by atoms with E-state index in [2.05, 4.69) is 25.4 Å². The Bertz CT molecular complexity index is 1190. The molecule has 0 atom stereocenters. The number of nitrogens with one attached hydrogen (secondary N) is 1. The molecule has 10 heteroatoms. The lowest BCUT2D eigenvalue weighted by Gasteiger charge is -2.32. The number of fused-ring (bicyclic) bond motifs is 1.